The zero-order valence-corrected chi connectivity index (χ0v) is 16.5. The molecule has 0 radical (unpaired) electrons. The maximum absolute atomic E-state index is 11.7. The zero-order chi connectivity index (χ0) is 20.2. The number of nitrogens with zero attached hydrogens (tertiary/aromatic N) is 1. The molecule has 1 heterocycles. The molecule has 0 saturated heterocycles. The van der Waals surface area contributed by atoms with E-state index in [-0.39, 0.29) is 12.0 Å². The molecule has 1 aromatic heterocycles. The van der Waals surface area contributed by atoms with Crippen LogP contribution in [0.4, 0.5) is 0 Å². The van der Waals surface area contributed by atoms with Crippen molar-refractivity contribution in [1.82, 2.24) is 4.57 Å². The first-order chi connectivity index (χ1) is 12.6. The Morgan fingerprint density at radius 1 is 1.15 bits per heavy atom. The lowest BCUT2D eigenvalue weighted by molar-refractivity contribution is 0.276. The van der Waals surface area contributed by atoms with Gasteiger partial charge in [-0.05, 0) is 44.0 Å². The first-order valence-corrected chi connectivity index (χ1v) is 9.86. The second kappa shape index (κ2) is 8.41. The number of hydrogen-bond donors (Lipinski definition) is 1. The van der Waals surface area contributed by atoms with Crippen molar-refractivity contribution < 1.29 is 22.4 Å². The summed E-state index contributed by atoms with van der Waals surface area (Å²) in [4.78, 5) is 11.7. The van der Waals surface area contributed by atoms with Crippen LogP contribution in [0.5, 0.6) is 5.75 Å². The summed E-state index contributed by atoms with van der Waals surface area (Å²) in [6.45, 7) is 5.19. The molecule has 146 valence electrons. The van der Waals surface area contributed by atoms with Crippen LogP contribution in [0.2, 0.25) is 0 Å². The van der Waals surface area contributed by atoms with E-state index in [1.54, 1.807) is 31.6 Å². The van der Waals surface area contributed by atoms with E-state index in [1.807, 2.05) is 25.1 Å². The molecule has 0 spiro atoms. The molecular formula is C19H23NO6S. The predicted molar refractivity (Wildman–Crippen MR) is 104 cm³/mol. The standard InChI is InChI=1S/C19H23NO6S/c1-13-9-16(5-6-18(13)25-4)12-19(26-7-8-27(22,23)24)20-14(2)10-17(21)11-15(20)3/h5-6,9-12H,7-8H2,1-4H3,(H,22,23,24)/b19-12+. The number of aryl methyl sites for hydroxylation is 3. The summed E-state index contributed by atoms with van der Waals surface area (Å²) in [6, 6.07) is 8.49. The molecule has 0 aliphatic rings. The maximum Gasteiger partial charge on any atom is 0.268 e. The van der Waals surface area contributed by atoms with Crippen molar-refractivity contribution in [3.8, 4) is 5.75 Å². The van der Waals surface area contributed by atoms with Gasteiger partial charge in [-0.3, -0.25) is 13.9 Å². The summed E-state index contributed by atoms with van der Waals surface area (Å²) < 4.78 is 43.6. The highest BCUT2D eigenvalue weighted by atomic mass is 32.2. The van der Waals surface area contributed by atoms with E-state index in [0.717, 1.165) is 16.9 Å². The molecule has 0 aliphatic carbocycles. The lowest BCUT2D eigenvalue weighted by Crippen LogP contribution is -2.17. The van der Waals surface area contributed by atoms with Crippen molar-refractivity contribution in [1.29, 1.82) is 0 Å². The van der Waals surface area contributed by atoms with Crippen molar-refractivity contribution in [2.45, 2.75) is 20.8 Å². The van der Waals surface area contributed by atoms with Gasteiger partial charge in [0, 0.05) is 29.6 Å². The van der Waals surface area contributed by atoms with E-state index in [4.69, 9.17) is 14.0 Å². The summed E-state index contributed by atoms with van der Waals surface area (Å²) >= 11 is 0. The Bertz CT molecular complexity index is 995. The third kappa shape index (κ3) is 5.70. The SMILES string of the molecule is COc1ccc(/C=C(/OCCS(=O)(=O)O)n2c(C)cc(=O)cc2C)cc1C. The topological polar surface area (TPSA) is 94.8 Å². The molecule has 1 N–H and O–H groups in total. The number of ether oxygens (including phenoxy) is 2. The van der Waals surface area contributed by atoms with Crippen LogP contribution in [-0.2, 0) is 14.9 Å². The molecule has 0 bridgehead atoms. The van der Waals surface area contributed by atoms with Crippen LogP contribution in [-0.4, -0.2) is 37.0 Å². The van der Waals surface area contributed by atoms with Gasteiger partial charge in [-0.2, -0.15) is 8.42 Å². The number of methoxy groups -OCH3 is 1. The van der Waals surface area contributed by atoms with Gasteiger partial charge in [0.15, 0.2) is 11.3 Å². The quantitative estimate of drug-likeness (QED) is 0.574. The van der Waals surface area contributed by atoms with Gasteiger partial charge < -0.3 is 9.47 Å². The van der Waals surface area contributed by atoms with Crippen LogP contribution in [0, 0.1) is 20.8 Å². The van der Waals surface area contributed by atoms with Crippen molar-refractivity contribution in [3.63, 3.8) is 0 Å². The van der Waals surface area contributed by atoms with Crippen LogP contribution in [0.3, 0.4) is 0 Å². The molecule has 0 fully saturated rings. The van der Waals surface area contributed by atoms with Crippen LogP contribution in [0.1, 0.15) is 22.5 Å². The van der Waals surface area contributed by atoms with E-state index in [2.05, 4.69) is 0 Å². The molecule has 8 heteroatoms. The van der Waals surface area contributed by atoms with Gasteiger partial charge >= 0.3 is 0 Å². The van der Waals surface area contributed by atoms with Gasteiger partial charge in [-0.25, -0.2) is 0 Å². The van der Waals surface area contributed by atoms with Gasteiger partial charge in [-0.1, -0.05) is 6.07 Å². The van der Waals surface area contributed by atoms with Gasteiger partial charge in [0.2, 0.25) is 0 Å². The Labute approximate surface area is 158 Å². The number of rotatable bonds is 7. The maximum atomic E-state index is 11.7. The van der Waals surface area contributed by atoms with E-state index in [9.17, 15) is 13.2 Å². The van der Waals surface area contributed by atoms with Crippen LogP contribution >= 0.6 is 0 Å². The molecule has 27 heavy (non-hydrogen) atoms. The van der Waals surface area contributed by atoms with Crippen molar-refractivity contribution >= 4 is 22.1 Å². The average Bonchev–Trinajstić information content (AvgIpc) is 2.52. The fourth-order valence-corrected chi connectivity index (χ4v) is 3.06. The Kier molecular flexibility index (Phi) is 6.45. The molecule has 7 nitrogen and oxygen atoms in total. The summed E-state index contributed by atoms with van der Waals surface area (Å²) in [5.41, 5.74) is 2.90. The third-order valence-corrected chi connectivity index (χ3v) is 4.61. The minimum Gasteiger partial charge on any atom is -0.496 e. The molecule has 0 atom stereocenters. The van der Waals surface area contributed by atoms with E-state index < -0.39 is 15.9 Å². The minimum atomic E-state index is -4.15. The molecular weight excluding hydrogens is 370 g/mol. The number of hydrogen-bond acceptors (Lipinski definition) is 5. The molecule has 0 amide bonds. The molecule has 2 rings (SSSR count). The molecule has 2 aromatic rings. The second-order valence-electron chi connectivity index (χ2n) is 6.16. The Balaban J connectivity index is 2.50. The van der Waals surface area contributed by atoms with E-state index >= 15 is 0 Å². The second-order valence-corrected chi connectivity index (χ2v) is 7.73. The summed E-state index contributed by atoms with van der Waals surface area (Å²) in [7, 11) is -2.55. The van der Waals surface area contributed by atoms with Gasteiger partial charge in [-0.15, -0.1) is 0 Å². The molecule has 1 aromatic carbocycles. The lowest BCUT2D eigenvalue weighted by Gasteiger charge is -2.18. The minimum absolute atomic E-state index is 0.126. The first kappa shape index (κ1) is 20.7. The zero-order valence-electron chi connectivity index (χ0n) is 15.7. The Morgan fingerprint density at radius 2 is 1.78 bits per heavy atom. The van der Waals surface area contributed by atoms with Crippen molar-refractivity contribution in [2.75, 3.05) is 19.5 Å². The normalized spacial score (nSPS) is 12.1. The molecule has 0 unspecified atom stereocenters. The Hall–Kier alpha value is -2.58. The first-order valence-electron chi connectivity index (χ1n) is 8.25. The summed E-state index contributed by atoms with van der Waals surface area (Å²) in [5, 5.41) is 0. The van der Waals surface area contributed by atoms with Gasteiger partial charge in [0.05, 0.1) is 7.11 Å². The number of benzene rings is 1. The van der Waals surface area contributed by atoms with Gasteiger partial charge in [0.1, 0.15) is 18.1 Å². The highest BCUT2D eigenvalue weighted by molar-refractivity contribution is 7.85. The largest absolute Gasteiger partial charge is 0.496 e. The fourth-order valence-electron chi connectivity index (χ4n) is 2.76. The smallest absolute Gasteiger partial charge is 0.268 e. The predicted octanol–water partition coefficient (Wildman–Crippen LogP) is 2.64. The number of pyridine rings is 1. The lowest BCUT2D eigenvalue weighted by atomic mass is 10.1. The number of aromatic nitrogens is 1. The monoisotopic (exact) mass is 393 g/mol. The van der Waals surface area contributed by atoms with Gasteiger partial charge in [0.25, 0.3) is 10.1 Å². The summed E-state index contributed by atoms with van der Waals surface area (Å²) in [5.74, 6) is 0.555. The highest BCUT2D eigenvalue weighted by Crippen LogP contribution is 2.22. The van der Waals surface area contributed by atoms with Crippen LogP contribution in [0.25, 0.3) is 12.0 Å². The van der Waals surface area contributed by atoms with E-state index in [1.165, 1.54) is 12.1 Å². The van der Waals surface area contributed by atoms with Crippen molar-refractivity contribution in [3.05, 3.63) is 63.1 Å². The van der Waals surface area contributed by atoms with E-state index in [0.29, 0.717) is 17.3 Å². The molecule has 0 saturated carbocycles. The fraction of sp³-hybridized carbons (Fsp3) is 0.316. The highest BCUT2D eigenvalue weighted by Gasteiger charge is 2.12. The summed E-state index contributed by atoms with van der Waals surface area (Å²) in [6.07, 6.45) is 1.74. The molecule has 0 aliphatic heterocycles. The van der Waals surface area contributed by atoms with Crippen LogP contribution < -0.4 is 10.2 Å². The Morgan fingerprint density at radius 3 is 2.30 bits per heavy atom. The van der Waals surface area contributed by atoms with Crippen LogP contribution in [0.15, 0.2) is 35.1 Å². The average molecular weight is 393 g/mol. The van der Waals surface area contributed by atoms with Crippen molar-refractivity contribution in [2.24, 2.45) is 0 Å². The third-order valence-electron chi connectivity index (χ3n) is 3.93.